The molecule has 0 spiro atoms. The van der Waals surface area contributed by atoms with Crippen molar-refractivity contribution in [2.24, 2.45) is 0 Å². The Labute approximate surface area is 92.0 Å². The van der Waals surface area contributed by atoms with Gasteiger partial charge in [0.1, 0.15) is 6.07 Å². The molecule has 2 heterocycles. The normalized spacial score (nSPS) is 10.4. The van der Waals surface area contributed by atoms with Gasteiger partial charge in [-0.1, -0.05) is 18.2 Å². The maximum Gasteiger partial charge on any atom is 0.150 e. The minimum absolute atomic E-state index is 0.432. The number of pyridine rings is 2. The van der Waals surface area contributed by atoms with Crippen molar-refractivity contribution >= 4 is 21.8 Å². The Morgan fingerprint density at radius 2 is 1.81 bits per heavy atom. The van der Waals surface area contributed by atoms with E-state index in [0.717, 1.165) is 21.8 Å². The summed E-state index contributed by atoms with van der Waals surface area (Å²) >= 11 is 0. The molecule has 16 heavy (non-hydrogen) atoms. The Balaban J connectivity index is 2.64. The number of rotatable bonds is 0. The van der Waals surface area contributed by atoms with Gasteiger partial charge in [-0.2, -0.15) is 5.26 Å². The molecule has 3 aromatic rings. The molecule has 0 bridgehead atoms. The lowest BCUT2D eigenvalue weighted by atomic mass is 10.1. The smallest absolute Gasteiger partial charge is 0.150 e. The van der Waals surface area contributed by atoms with E-state index in [9.17, 15) is 0 Å². The first-order chi connectivity index (χ1) is 7.90. The largest absolute Gasteiger partial charge is 0.255 e. The predicted octanol–water partition coefficient (Wildman–Crippen LogP) is 2.65. The maximum atomic E-state index is 9.05. The molecule has 0 unspecified atom stereocenters. The molecule has 0 atom stereocenters. The fourth-order valence-electron chi connectivity index (χ4n) is 1.85. The lowest BCUT2D eigenvalue weighted by Crippen LogP contribution is -1.90. The third kappa shape index (κ3) is 1.14. The van der Waals surface area contributed by atoms with Crippen LogP contribution in [0.5, 0.6) is 0 Å². The minimum atomic E-state index is 0.432. The molecule has 1 aromatic carbocycles. The monoisotopic (exact) mass is 205 g/mol. The molecule has 74 valence electrons. The summed E-state index contributed by atoms with van der Waals surface area (Å²) in [7, 11) is 0. The molecule has 0 saturated heterocycles. The van der Waals surface area contributed by atoms with Crippen molar-refractivity contribution in [2.75, 3.05) is 0 Å². The number of nitriles is 1. The second kappa shape index (κ2) is 3.28. The number of hydrogen-bond donors (Lipinski definition) is 0. The zero-order chi connectivity index (χ0) is 11.0. The van der Waals surface area contributed by atoms with Crippen molar-refractivity contribution in [3.8, 4) is 6.07 Å². The van der Waals surface area contributed by atoms with Gasteiger partial charge < -0.3 is 0 Å². The van der Waals surface area contributed by atoms with Gasteiger partial charge in [0.25, 0.3) is 0 Å². The SMILES string of the molecule is N#Cc1nc2ccccc2c2ncccc12. The van der Waals surface area contributed by atoms with Gasteiger partial charge in [-0.25, -0.2) is 4.98 Å². The molecule has 3 rings (SSSR count). The lowest BCUT2D eigenvalue weighted by molar-refractivity contribution is 1.33. The van der Waals surface area contributed by atoms with Crippen LogP contribution in [-0.4, -0.2) is 9.97 Å². The predicted molar refractivity (Wildman–Crippen MR) is 61.8 cm³/mol. The molecular formula is C13H7N3. The van der Waals surface area contributed by atoms with Gasteiger partial charge in [-0.15, -0.1) is 0 Å². The average Bonchev–Trinajstić information content (AvgIpc) is 2.38. The molecule has 0 fully saturated rings. The number of nitrogens with zero attached hydrogens (tertiary/aromatic N) is 3. The van der Waals surface area contributed by atoms with Gasteiger partial charge in [0.2, 0.25) is 0 Å². The van der Waals surface area contributed by atoms with E-state index in [1.807, 2.05) is 36.4 Å². The maximum absolute atomic E-state index is 9.05. The molecule has 0 amide bonds. The van der Waals surface area contributed by atoms with Gasteiger partial charge in [0, 0.05) is 17.0 Å². The summed E-state index contributed by atoms with van der Waals surface area (Å²) in [6, 6.07) is 13.5. The second-order valence-electron chi connectivity index (χ2n) is 3.49. The third-order valence-corrected chi connectivity index (χ3v) is 2.56. The first kappa shape index (κ1) is 8.81. The lowest BCUT2D eigenvalue weighted by Gasteiger charge is -2.03. The molecule has 0 aliphatic rings. The first-order valence-electron chi connectivity index (χ1n) is 4.94. The molecule has 0 radical (unpaired) electrons. The van der Waals surface area contributed by atoms with Crippen LogP contribution in [0.1, 0.15) is 5.69 Å². The highest BCUT2D eigenvalue weighted by atomic mass is 14.7. The fourth-order valence-corrected chi connectivity index (χ4v) is 1.85. The minimum Gasteiger partial charge on any atom is -0.255 e. The van der Waals surface area contributed by atoms with Gasteiger partial charge in [-0.05, 0) is 18.2 Å². The Kier molecular flexibility index (Phi) is 1.81. The molecule has 0 N–H and O–H groups in total. The number of hydrogen-bond acceptors (Lipinski definition) is 3. The van der Waals surface area contributed by atoms with Crippen molar-refractivity contribution in [2.45, 2.75) is 0 Å². The van der Waals surface area contributed by atoms with E-state index in [2.05, 4.69) is 16.0 Å². The number of aromatic nitrogens is 2. The third-order valence-electron chi connectivity index (χ3n) is 2.56. The Bertz CT molecular complexity index is 726. The quantitative estimate of drug-likeness (QED) is 0.530. The number of para-hydroxylation sites is 1. The summed E-state index contributed by atoms with van der Waals surface area (Å²) in [5.41, 5.74) is 2.08. The molecule has 2 aromatic heterocycles. The zero-order valence-electron chi connectivity index (χ0n) is 8.38. The van der Waals surface area contributed by atoms with Crippen LogP contribution in [0.25, 0.3) is 21.8 Å². The van der Waals surface area contributed by atoms with E-state index in [1.165, 1.54) is 0 Å². The average molecular weight is 205 g/mol. The summed E-state index contributed by atoms with van der Waals surface area (Å²) < 4.78 is 0. The standard InChI is InChI=1S/C13H7N3/c14-8-12-10-5-3-7-15-13(10)9-4-1-2-6-11(9)16-12/h1-7H. The summed E-state index contributed by atoms with van der Waals surface area (Å²) in [4.78, 5) is 8.65. The highest BCUT2D eigenvalue weighted by molar-refractivity contribution is 6.04. The van der Waals surface area contributed by atoms with E-state index in [0.29, 0.717) is 5.69 Å². The molecule has 0 aliphatic heterocycles. The second-order valence-corrected chi connectivity index (χ2v) is 3.49. The van der Waals surface area contributed by atoms with Crippen LogP contribution in [0.2, 0.25) is 0 Å². The summed E-state index contributed by atoms with van der Waals surface area (Å²) in [5.74, 6) is 0. The van der Waals surface area contributed by atoms with E-state index in [-0.39, 0.29) is 0 Å². The number of benzene rings is 1. The molecule has 0 aliphatic carbocycles. The van der Waals surface area contributed by atoms with Crippen molar-refractivity contribution in [1.29, 1.82) is 5.26 Å². The van der Waals surface area contributed by atoms with Gasteiger partial charge in [-0.3, -0.25) is 4.98 Å². The van der Waals surface area contributed by atoms with E-state index < -0.39 is 0 Å². The van der Waals surface area contributed by atoms with E-state index in [1.54, 1.807) is 6.20 Å². The number of fused-ring (bicyclic) bond motifs is 3. The Hall–Kier alpha value is -2.47. The van der Waals surface area contributed by atoms with Gasteiger partial charge in [0.05, 0.1) is 11.0 Å². The van der Waals surface area contributed by atoms with Crippen LogP contribution in [0, 0.1) is 11.3 Å². The van der Waals surface area contributed by atoms with Crippen LogP contribution < -0.4 is 0 Å². The Morgan fingerprint density at radius 3 is 2.69 bits per heavy atom. The summed E-state index contributed by atoms with van der Waals surface area (Å²) in [5, 5.41) is 10.8. The molecule has 3 nitrogen and oxygen atoms in total. The van der Waals surface area contributed by atoms with Crippen molar-refractivity contribution in [3.63, 3.8) is 0 Å². The molecule has 3 heteroatoms. The highest BCUT2D eigenvalue weighted by Crippen LogP contribution is 2.23. The van der Waals surface area contributed by atoms with Crippen LogP contribution in [-0.2, 0) is 0 Å². The van der Waals surface area contributed by atoms with E-state index in [4.69, 9.17) is 5.26 Å². The topological polar surface area (TPSA) is 49.6 Å². The van der Waals surface area contributed by atoms with Crippen molar-refractivity contribution in [1.82, 2.24) is 9.97 Å². The van der Waals surface area contributed by atoms with Crippen LogP contribution in [0.3, 0.4) is 0 Å². The van der Waals surface area contributed by atoms with Crippen LogP contribution in [0.15, 0.2) is 42.6 Å². The molecular weight excluding hydrogens is 198 g/mol. The first-order valence-corrected chi connectivity index (χ1v) is 4.94. The fraction of sp³-hybridized carbons (Fsp3) is 0. The van der Waals surface area contributed by atoms with Gasteiger partial charge in [0.15, 0.2) is 5.69 Å². The summed E-state index contributed by atoms with van der Waals surface area (Å²) in [6.45, 7) is 0. The van der Waals surface area contributed by atoms with Gasteiger partial charge >= 0.3 is 0 Å². The van der Waals surface area contributed by atoms with Crippen molar-refractivity contribution < 1.29 is 0 Å². The van der Waals surface area contributed by atoms with Crippen LogP contribution in [0.4, 0.5) is 0 Å². The highest BCUT2D eigenvalue weighted by Gasteiger charge is 2.07. The zero-order valence-corrected chi connectivity index (χ0v) is 8.38. The van der Waals surface area contributed by atoms with E-state index >= 15 is 0 Å². The molecule has 0 saturated carbocycles. The van der Waals surface area contributed by atoms with Crippen molar-refractivity contribution in [3.05, 3.63) is 48.3 Å². The van der Waals surface area contributed by atoms with Crippen LogP contribution >= 0.6 is 0 Å². The summed E-state index contributed by atoms with van der Waals surface area (Å²) in [6.07, 6.45) is 1.73. The Morgan fingerprint density at radius 1 is 1.00 bits per heavy atom.